The molecule has 0 radical (unpaired) electrons. The summed E-state index contributed by atoms with van der Waals surface area (Å²) in [6, 6.07) is 5.76. The van der Waals surface area contributed by atoms with Gasteiger partial charge in [-0.1, -0.05) is 6.92 Å². The van der Waals surface area contributed by atoms with Crippen LogP contribution in [0.25, 0.3) is 0 Å². The van der Waals surface area contributed by atoms with Crippen LogP contribution in [0.15, 0.2) is 18.2 Å². The van der Waals surface area contributed by atoms with Gasteiger partial charge in [0, 0.05) is 18.3 Å². The normalized spacial score (nSPS) is 9.86. The van der Waals surface area contributed by atoms with E-state index >= 15 is 0 Å². The summed E-state index contributed by atoms with van der Waals surface area (Å²) >= 11 is 0. The number of nitrogens with two attached hydrogens (primary N) is 1. The van der Waals surface area contributed by atoms with Crippen LogP contribution in [0.1, 0.15) is 20.3 Å². The molecule has 0 aliphatic heterocycles. The van der Waals surface area contributed by atoms with Gasteiger partial charge in [0.25, 0.3) is 0 Å². The van der Waals surface area contributed by atoms with E-state index in [4.69, 9.17) is 10.5 Å². The predicted molar refractivity (Wildman–Crippen MR) is 60.8 cm³/mol. The highest BCUT2D eigenvalue weighted by Gasteiger charge is 2.00. The molecule has 0 aliphatic rings. The molecule has 3 N–H and O–H groups in total. The Morgan fingerprint density at radius 1 is 1.36 bits per heavy atom. The smallest absolute Gasteiger partial charge is 0.144 e. The third-order valence-electron chi connectivity index (χ3n) is 1.86. The molecule has 0 aromatic heterocycles. The zero-order chi connectivity index (χ0) is 10.4. The molecule has 0 bridgehead atoms. The van der Waals surface area contributed by atoms with Crippen molar-refractivity contribution in [3.63, 3.8) is 0 Å². The van der Waals surface area contributed by atoms with E-state index in [1.165, 1.54) is 0 Å². The molecule has 3 nitrogen and oxygen atoms in total. The van der Waals surface area contributed by atoms with Gasteiger partial charge in [0.05, 0.1) is 12.3 Å². The van der Waals surface area contributed by atoms with Crippen LogP contribution in [0, 0.1) is 0 Å². The van der Waals surface area contributed by atoms with E-state index in [-0.39, 0.29) is 0 Å². The minimum absolute atomic E-state index is 0.695. The molecular formula is C11H18N2O. The van der Waals surface area contributed by atoms with Gasteiger partial charge in [-0.2, -0.15) is 0 Å². The lowest BCUT2D eigenvalue weighted by atomic mass is 10.2. The second kappa shape index (κ2) is 5.37. The summed E-state index contributed by atoms with van der Waals surface area (Å²) < 4.78 is 5.51. The lowest BCUT2D eigenvalue weighted by Crippen LogP contribution is -2.01. The second-order valence-electron chi connectivity index (χ2n) is 3.13. The highest BCUT2D eigenvalue weighted by molar-refractivity contribution is 5.61. The van der Waals surface area contributed by atoms with Crippen LogP contribution in [0.3, 0.4) is 0 Å². The third-order valence-corrected chi connectivity index (χ3v) is 1.86. The van der Waals surface area contributed by atoms with Crippen LogP contribution in [0.4, 0.5) is 11.4 Å². The van der Waals surface area contributed by atoms with Crippen LogP contribution < -0.4 is 15.8 Å². The standard InChI is InChI=1S/C11H18N2O/c1-3-7-14-11-8-9(13-4-2)5-6-10(11)12/h5-6,8,13H,3-4,7,12H2,1-2H3. The third kappa shape index (κ3) is 2.83. The van der Waals surface area contributed by atoms with Crippen LogP contribution in [-0.4, -0.2) is 13.2 Å². The van der Waals surface area contributed by atoms with Crippen molar-refractivity contribution < 1.29 is 4.74 Å². The number of anilines is 2. The van der Waals surface area contributed by atoms with E-state index in [0.29, 0.717) is 12.3 Å². The first-order valence-electron chi connectivity index (χ1n) is 5.04. The van der Waals surface area contributed by atoms with Gasteiger partial charge in [-0.3, -0.25) is 0 Å². The Balaban J connectivity index is 2.74. The van der Waals surface area contributed by atoms with Crippen molar-refractivity contribution in [2.75, 3.05) is 24.2 Å². The van der Waals surface area contributed by atoms with Gasteiger partial charge in [-0.05, 0) is 25.5 Å². The molecule has 3 heteroatoms. The topological polar surface area (TPSA) is 47.3 Å². The van der Waals surface area contributed by atoms with Gasteiger partial charge in [-0.15, -0.1) is 0 Å². The number of ether oxygens (including phenoxy) is 1. The maximum Gasteiger partial charge on any atom is 0.144 e. The fourth-order valence-corrected chi connectivity index (χ4v) is 1.19. The van der Waals surface area contributed by atoms with E-state index in [1.54, 1.807) is 0 Å². The molecular weight excluding hydrogens is 176 g/mol. The van der Waals surface area contributed by atoms with Crippen molar-refractivity contribution >= 4 is 11.4 Å². The molecule has 0 fully saturated rings. The van der Waals surface area contributed by atoms with Crippen LogP contribution in [0.5, 0.6) is 5.75 Å². The maximum absolute atomic E-state index is 5.77. The van der Waals surface area contributed by atoms with Crippen LogP contribution >= 0.6 is 0 Å². The number of hydrogen-bond donors (Lipinski definition) is 2. The van der Waals surface area contributed by atoms with Crippen molar-refractivity contribution in [1.82, 2.24) is 0 Å². The largest absolute Gasteiger partial charge is 0.491 e. The molecule has 0 heterocycles. The number of nitrogens with one attached hydrogen (secondary N) is 1. The quantitative estimate of drug-likeness (QED) is 0.708. The van der Waals surface area contributed by atoms with E-state index in [9.17, 15) is 0 Å². The minimum Gasteiger partial charge on any atom is -0.491 e. The lowest BCUT2D eigenvalue weighted by Gasteiger charge is -2.10. The number of hydrogen-bond acceptors (Lipinski definition) is 3. The summed E-state index contributed by atoms with van der Waals surface area (Å²) in [5, 5.41) is 3.22. The maximum atomic E-state index is 5.77. The molecule has 0 atom stereocenters. The van der Waals surface area contributed by atoms with E-state index < -0.39 is 0 Å². The fraction of sp³-hybridized carbons (Fsp3) is 0.455. The van der Waals surface area contributed by atoms with Gasteiger partial charge in [0.2, 0.25) is 0 Å². The molecule has 0 amide bonds. The summed E-state index contributed by atoms with van der Waals surface area (Å²) in [5.74, 6) is 0.769. The predicted octanol–water partition coefficient (Wildman–Crippen LogP) is 2.49. The molecule has 0 saturated heterocycles. The summed E-state index contributed by atoms with van der Waals surface area (Å²) in [4.78, 5) is 0. The first-order valence-corrected chi connectivity index (χ1v) is 5.04. The minimum atomic E-state index is 0.695. The first kappa shape index (κ1) is 10.7. The van der Waals surface area contributed by atoms with Gasteiger partial charge in [-0.25, -0.2) is 0 Å². The molecule has 0 spiro atoms. The molecule has 1 aromatic rings. The summed E-state index contributed by atoms with van der Waals surface area (Å²) in [5.41, 5.74) is 7.52. The SMILES string of the molecule is CCCOc1cc(NCC)ccc1N. The molecule has 14 heavy (non-hydrogen) atoms. The van der Waals surface area contributed by atoms with E-state index in [0.717, 1.165) is 24.4 Å². The average molecular weight is 194 g/mol. The van der Waals surface area contributed by atoms with E-state index in [2.05, 4.69) is 19.2 Å². The average Bonchev–Trinajstić information content (AvgIpc) is 2.19. The monoisotopic (exact) mass is 194 g/mol. The Labute approximate surface area is 85.3 Å². The molecule has 1 aromatic carbocycles. The number of benzene rings is 1. The zero-order valence-corrected chi connectivity index (χ0v) is 8.84. The van der Waals surface area contributed by atoms with Crippen molar-refractivity contribution in [2.24, 2.45) is 0 Å². The van der Waals surface area contributed by atoms with Crippen LogP contribution in [-0.2, 0) is 0 Å². The number of nitrogen functional groups attached to an aromatic ring is 1. The molecule has 0 saturated carbocycles. The molecule has 0 unspecified atom stereocenters. The fourth-order valence-electron chi connectivity index (χ4n) is 1.19. The Kier molecular flexibility index (Phi) is 4.11. The van der Waals surface area contributed by atoms with Crippen molar-refractivity contribution in [1.29, 1.82) is 0 Å². The van der Waals surface area contributed by atoms with Crippen molar-refractivity contribution in [3.05, 3.63) is 18.2 Å². The van der Waals surface area contributed by atoms with Gasteiger partial charge >= 0.3 is 0 Å². The summed E-state index contributed by atoms with van der Waals surface area (Å²) in [6.07, 6.45) is 0.991. The van der Waals surface area contributed by atoms with Crippen molar-refractivity contribution in [2.45, 2.75) is 20.3 Å². The summed E-state index contributed by atoms with van der Waals surface area (Å²) in [7, 11) is 0. The Morgan fingerprint density at radius 2 is 2.14 bits per heavy atom. The van der Waals surface area contributed by atoms with Gasteiger partial charge in [0.1, 0.15) is 5.75 Å². The molecule has 1 rings (SSSR count). The molecule has 0 aliphatic carbocycles. The van der Waals surface area contributed by atoms with E-state index in [1.807, 2.05) is 18.2 Å². The highest BCUT2D eigenvalue weighted by Crippen LogP contribution is 2.25. The number of rotatable bonds is 5. The Hall–Kier alpha value is -1.38. The zero-order valence-electron chi connectivity index (χ0n) is 8.84. The van der Waals surface area contributed by atoms with Gasteiger partial charge < -0.3 is 15.8 Å². The molecule has 78 valence electrons. The van der Waals surface area contributed by atoms with Crippen molar-refractivity contribution in [3.8, 4) is 5.75 Å². The Bertz CT molecular complexity index is 287. The summed E-state index contributed by atoms with van der Waals surface area (Å²) in [6.45, 7) is 5.74. The highest BCUT2D eigenvalue weighted by atomic mass is 16.5. The lowest BCUT2D eigenvalue weighted by molar-refractivity contribution is 0.319. The Morgan fingerprint density at radius 3 is 2.79 bits per heavy atom. The second-order valence-corrected chi connectivity index (χ2v) is 3.13. The first-order chi connectivity index (χ1) is 6.77. The van der Waals surface area contributed by atoms with Crippen LogP contribution in [0.2, 0.25) is 0 Å². The van der Waals surface area contributed by atoms with Gasteiger partial charge in [0.15, 0.2) is 0 Å².